The normalized spacial score (nSPS) is 8.93. The summed E-state index contributed by atoms with van der Waals surface area (Å²) in [6.45, 7) is 2.18. The lowest BCUT2D eigenvalue weighted by molar-refractivity contribution is 0.0526. The molecule has 1 rings (SSSR count). The van der Waals surface area contributed by atoms with Crippen molar-refractivity contribution in [3.63, 3.8) is 0 Å². The Balaban J connectivity index is 2.87. The number of rotatable bonds is 2. The van der Waals surface area contributed by atoms with E-state index >= 15 is 0 Å². The molecule has 0 saturated carbocycles. The van der Waals surface area contributed by atoms with Crippen LogP contribution in [0.1, 0.15) is 22.8 Å². The maximum absolute atomic E-state index is 11.4. The fourth-order valence-electron chi connectivity index (χ4n) is 1.05. The van der Waals surface area contributed by atoms with Gasteiger partial charge in [-0.2, -0.15) is 0 Å². The van der Waals surface area contributed by atoms with Crippen LogP contribution in [-0.2, 0) is 4.74 Å². The average Bonchev–Trinajstić information content (AvgIpc) is 2.27. The van der Waals surface area contributed by atoms with Gasteiger partial charge in [0.05, 0.1) is 12.2 Å². The molecule has 1 aromatic carbocycles. The molecule has 0 unspecified atom stereocenters. The van der Waals surface area contributed by atoms with Crippen molar-refractivity contribution in [2.45, 2.75) is 6.92 Å². The Labute approximate surface area is 94.0 Å². The lowest BCUT2D eigenvalue weighted by Gasteiger charge is -2.01. The van der Waals surface area contributed by atoms with E-state index < -0.39 is 0 Å². The maximum atomic E-state index is 11.4. The molecule has 15 heavy (non-hydrogen) atoms. The highest BCUT2D eigenvalue weighted by molar-refractivity contribution is 8.03. The number of hydrogen-bond acceptors (Lipinski definition) is 3. The highest BCUT2D eigenvalue weighted by Crippen LogP contribution is 2.06. The number of thioether (sulfide) groups is 1. The van der Waals surface area contributed by atoms with Gasteiger partial charge in [-0.15, -0.1) is 0 Å². The molecule has 0 aliphatic rings. The van der Waals surface area contributed by atoms with E-state index in [1.807, 2.05) is 12.3 Å². The van der Waals surface area contributed by atoms with Gasteiger partial charge in [0.15, 0.2) is 0 Å². The first-order valence-electron chi connectivity index (χ1n) is 4.59. The second-order valence-electron chi connectivity index (χ2n) is 2.73. The Morgan fingerprint density at radius 1 is 1.53 bits per heavy atom. The molecule has 0 bridgehead atoms. The molecule has 0 spiro atoms. The van der Waals surface area contributed by atoms with Gasteiger partial charge in [0.1, 0.15) is 0 Å². The zero-order valence-electron chi connectivity index (χ0n) is 8.74. The zero-order chi connectivity index (χ0) is 11.1. The highest BCUT2D eigenvalue weighted by Gasteiger charge is 2.05. The van der Waals surface area contributed by atoms with E-state index in [4.69, 9.17) is 4.74 Å². The Morgan fingerprint density at radius 2 is 2.33 bits per heavy atom. The van der Waals surface area contributed by atoms with Crippen molar-refractivity contribution in [1.82, 2.24) is 0 Å². The molecule has 0 atom stereocenters. The van der Waals surface area contributed by atoms with Crippen molar-refractivity contribution in [2.75, 3.05) is 12.9 Å². The summed E-state index contributed by atoms with van der Waals surface area (Å²) in [5.41, 5.74) is 1.37. The minimum absolute atomic E-state index is 0.301. The van der Waals surface area contributed by atoms with E-state index in [1.54, 1.807) is 25.1 Å². The number of benzene rings is 1. The second kappa shape index (κ2) is 6.15. The molecular weight excluding hydrogens is 208 g/mol. The molecule has 0 fully saturated rings. The van der Waals surface area contributed by atoms with E-state index in [0.717, 1.165) is 5.56 Å². The molecule has 0 N–H and O–H groups in total. The summed E-state index contributed by atoms with van der Waals surface area (Å²) in [5.74, 6) is 2.64. The van der Waals surface area contributed by atoms with Gasteiger partial charge in [-0.05, 0) is 36.6 Å². The Morgan fingerprint density at radius 3 is 3.00 bits per heavy atom. The molecule has 0 aliphatic carbocycles. The first-order chi connectivity index (χ1) is 7.27. The van der Waals surface area contributed by atoms with Crippen LogP contribution in [0.3, 0.4) is 0 Å². The summed E-state index contributed by atoms with van der Waals surface area (Å²) in [7, 11) is 0. The first-order valence-corrected chi connectivity index (χ1v) is 5.81. The lowest BCUT2D eigenvalue weighted by atomic mass is 10.1. The second-order valence-corrected chi connectivity index (χ2v) is 3.34. The summed E-state index contributed by atoms with van der Waals surface area (Å²) >= 11 is 1.44. The Bertz CT molecular complexity index is 402. The fraction of sp³-hybridized carbons (Fsp3) is 0.250. The van der Waals surface area contributed by atoms with Crippen molar-refractivity contribution >= 4 is 17.7 Å². The summed E-state index contributed by atoms with van der Waals surface area (Å²) in [5, 5.41) is 2.88. The van der Waals surface area contributed by atoms with Crippen molar-refractivity contribution < 1.29 is 9.53 Å². The smallest absolute Gasteiger partial charge is 0.338 e. The Kier molecular flexibility index (Phi) is 4.79. The minimum atomic E-state index is -0.301. The van der Waals surface area contributed by atoms with Crippen LogP contribution in [-0.4, -0.2) is 18.8 Å². The summed E-state index contributed by atoms with van der Waals surface area (Å²) in [6.07, 6.45) is 1.90. The molecule has 0 aromatic heterocycles. The van der Waals surface area contributed by atoms with Gasteiger partial charge in [-0.25, -0.2) is 4.79 Å². The van der Waals surface area contributed by atoms with Gasteiger partial charge < -0.3 is 4.74 Å². The van der Waals surface area contributed by atoms with Crippen LogP contribution in [0.2, 0.25) is 0 Å². The fourth-order valence-corrected chi connectivity index (χ4v) is 1.27. The molecule has 0 radical (unpaired) electrons. The molecule has 2 nitrogen and oxygen atoms in total. The van der Waals surface area contributed by atoms with Gasteiger partial charge in [0, 0.05) is 5.56 Å². The summed E-state index contributed by atoms with van der Waals surface area (Å²) < 4.78 is 4.90. The lowest BCUT2D eigenvalue weighted by Crippen LogP contribution is -2.04. The molecule has 1 aromatic rings. The SMILES string of the molecule is CCOC(=O)c1cccc(C#CSC)c1. The number of hydrogen-bond donors (Lipinski definition) is 0. The quantitative estimate of drug-likeness (QED) is 0.566. The number of esters is 1. The van der Waals surface area contributed by atoms with Gasteiger partial charge in [-0.3, -0.25) is 0 Å². The molecule has 0 heterocycles. The summed E-state index contributed by atoms with van der Waals surface area (Å²) in [4.78, 5) is 11.4. The van der Waals surface area contributed by atoms with Crippen molar-refractivity contribution in [3.8, 4) is 11.2 Å². The third-order valence-corrected chi connectivity index (χ3v) is 1.98. The zero-order valence-corrected chi connectivity index (χ0v) is 9.56. The topological polar surface area (TPSA) is 26.3 Å². The number of carbonyl (C=O) groups excluding carboxylic acids is 1. The van der Waals surface area contributed by atoms with E-state index in [1.165, 1.54) is 11.8 Å². The standard InChI is InChI=1S/C12H12O2S/c1-3-14-12(13)11-6-4-5-10(9-11)7-8-15-2/h4-6,9H,3H2,1-2H3. The highest BCUT2D eigenvalue weighted by atomic mass is 32.2. The average molecular weight is 220 g/mol. The van der Waals surface area contributed by atoms with E-state index in [9.17, 15) is 4.79 Å². The molecule has 3 heteroatoms. The van der Waals surface area contributed by atoms with Gasteiger partial charge in [0.2, 0.25) is 0 Å². The van der Waals surface area contributed by atoms with Crippen molar-refractivity contribution in [3.05, 3.63) is 35.4 Å². The van der Waals surface area contributed by atoms with Crippen LogP contribution < -0.4 is 0 Å². The largest absolute Gasteiger partial charge is 0.462 e. The molecule has 78 valence electrons. The number of ether oxygens (including phenoxy) is 1. The minimum Gasteiger partial charge on any atom is -0.462 e. The van der Waals surface area contributed by atoms with Crippen molar-refractivity contribution in [1.29, 1.82) is 0 Å². The number of carbonyl (C=O) groups is 1. The monoisotopic (exact) mass is 220 g/mol. The molecule has 0 aliphatic heterocycles. The van der Waals surface area contributed by atoms with Crippen LogP contribution in [0.5, 0.6) is 0 Å². The maximum Gasteiger partial charge on any atom is 0.338 e. The van der Waals surface area contributed by atoms with Crippen molar-refractivity contribution in [2.24, 2.45) is 0 Å². The van der Waals surface area contributed by atoms with Gasteiger partial charge in [0.25, 0.3) is 0 Å². The molecule has 0 saturated heterocycles. The predicted octanol–water partition coefficient (Wildman–Crippen LogP) is 2.54. The van der Waals surface area contributed by atoms with Gasteiger partial charge in [-0.1, -0.05) is 23.7 Å². The Hall–Kier alpha value is -1.40. The van der Waals surface area contributed by atoms with Crippen LogP contribution in [0.15, 0.2) is 24.3 Å². The van der Waals surface area contributed by atoms with Crippen LogP contribution >= 0.6 is 11.8 Å². The molecular formula is C12H12O2S. The van der Waals surface area contributed by atoms with Crippen LogP contribution in [0.25, 0.3) is 0 Å². The third kappa shape index (κ3) is 3.69. The van der Waals surface area contributed by atoms with E-state index in [2.05, 4.69) is 11.2 Å². The molecule has 0 amide bonds. The third-order valence-electron chi connectivity index (χ3n) is 1.67. The van der Waals surface area contributed by atoms with E-state index in [-0.39, 0.29) is 5.97 Å². The summed E-state index contributed by atoms with van der Waals surface area (Å²) in [6, 6.07) is 7.13. The first kappa shape index (κ1) is 11.7. The predicted molar refractivity (Wildman–Crippen MR) is 62.8 cm³/mol. The van der Waals surface area contributed by atoms with Gasteiger partial charge >= 0.3 is 5.97 Å². The van der Waals surface area contributed by atoms with E-state index in [0.29, 0.717) is 12.2 Å². The van der Waals surface area contributed by atoms with Crippen LogP contribution in [0.4, 0.5) is 0 Å². The van der Waals surface area contributed by atoms with Crippen LogP contribution in [0, 0.1) is 11.2 Å².